The molecule has 1 N–H and O–H groups in total. The molecule has 1 aliphatic rings. The number of nitrogens with zero attached hydrogens (tertiary/aromatic N) is 2. The molecule has 3 nitrogen and oxygen atoms in total. The van der Waals surface area contributed by atoms with Crippen LogP contribution in [-0.2, 0) is 0 Å². The number of benzene rings is 2. The van der Waals surface area contributed by atoms with Crippen LogP contribution in [0.2, 0.25) is 0 Å². The molecule has 1 saturated carbocycles. The number of alkyl halides is 2. The van der Waals surface area contributed by atoms with Gasteiger partial charge in [0.1, 0.15) is 11.6 Å². The fraction of sp³-hybridized carbons (Fsp3) is 0.222. The number of hydrogen-bond acceptors (Lipinski definition) is 3. The highest BCUT2D eigenvalue weighted by Gasteiger charge is 2.39. The molecule has 0 saturated heterocycles. The number of halogens is 3. The van der Waals surface area contributed by atoms with Gasteiger partial charge in [0.05, 0.1) is 5.52 Å². The molecule has 0 unspecified atom stereocenters. The molecule has 6 heteroatoms. The van der Waals surface area contributed by atoms with Crippen molar-refractivity contribution < 1.29 is 13.2 Å². The van der Waals surface area contributed by atoms with Gasteiger partial charge >= 0.3 is 0 Å². The summed E-state index contributed by atoms with van der Waals surface area (Å²) in [5, 5.41) is 3.95. The first-order chi connectivity index (χ1) is 11.6. The van der Waals surface area contributed by atoms with Gasteiger partial charge in [-0.05, 0) is 36.2 Å². The Kier molecular flexibility index (Phi) is 3.59. The molecule has 1 heterocycles. The summed E-state index contributed by atoms with van der Waals surface area (Å²) in [6.07, 6.45) is -1.87. The summed E-state index contributed by atoms with van der Waals surface area (Å²) in [6, 6.07) is 13.5. The maximum atomic E-state index is 13.0. The first kappa shape index (κ1) is 14.9. The van der Waals surface area contributed by atoms with Crippen molar-refractivity contribution >= 4 is 16.7 Å². The summed E-state index contributed by atoms with van der Waals surface area (Å²) < 4.78 is 39.0. The van der Waals surface area contributed by atoms with Gasteiger partial charge in [-0.1, -0.05) is 24.3 Å². The minimum Gasteiger partial charge on any atom is -0.366 e. The van der Waals surface area contributed by atoms with E-state index in [2.05, 4.69) is 15.3 Å². The maximum absolute atomic E-state index is 13.0. The smallest absolute Gasteiger partial charge is 0.297 e. The Labute approximate surface area is 136 Å². The Morgan fingerprint density at radius 1 is 1.00 bits per heavy atom. The summed E-state index contributed by atoms with van der Waals surface area (Å²) in [6.45, 7) is 0. The monoisotopic (exact) mass is 329 g/mol. The number of nitrogens with one attached hydrogen (secondary N) is 1. The zero-order valence-corrected chi connectivity index (χ0v) is 12.6. The Balaban J connectivity index is 1.62. The minimum absolute atomic E-state index is 0.0966. The minimum atomic E-state index is -2.72. The van der Waals surface area contributed by atoms with E-state index in [1.54, 1.807) is 24.3 Å². The summed E-state index contributed by atoms with van der Waals surface area (Å²) in [5.41, 5.74) is 1.52. The van der Waals surface area contributed by atoms with E-state index >= 15 is 0 Å². The van der Waals surface area contributed by atoms with Crippen LogP contribution in [0.5, 0.6) is 0 Å². The third-order valence-electron chi connectivity index (χ3n) is 4.23. The Bertz CT molecular complexity index is 880. The molecule has 1 aromatic heterocycles. The van der Waals surface area contributed by atoms with Crippen molar-refractivity contribution in [2.75, 3.05) is 5.32 Å². The van der Waals surface area contributed by atoms with Gasteiger partial charge in [0.25, 0.3) is 6.43 Å². The molecule has 0 spiro atoms. The highest BCUT2D eigenvalue weighted by Crippen LogP contribution is 2.43. The lowest BCUT2D eigenvalue weighted by molar-refractivity contribution is 0.141. The van der Waals surface area contributed by atoms with Crippen molar-refractivity contribution in [2.24, 2.45) is 0 Å². The van der Waals surface area contributed by atoms with Crippen LogP contribution in [-0.4, -0.2) is 16.0 Å². The van der Waals surface area contributed by atoms with Gasteiger partial charge in [-0.15, -0.1) is 0 Å². The number of fused-ring (bicyclic) bond motifs is 1. The molecule has 0 aliphatic heterocycles. The van der Waals surface area contributed by atoms with Crippen LogP contribution >= 0.6 is 0 Å². The average Bonchev–Trinajstić information content (AvgIpc) is 3.34. The van der Waals surface area contributed by atoms with Gasteiger partial charge in [0.15, 0.2) is 5.82 Å². The van der Waals surface area contributed by atoms with Gasteiger partial charge in [-0.2, -0.15) is 0 Å². The third-order valence-corrected chi connectivity index (χ3v) is 4.23. The van der Waals surface area contributed by atoms with E-state index in [9.17, 15) is 13.2 Å². The molecular weight excluding hydrogens is 315 g/mol. The van der Waals surface area contributed by atoms with Crippen LogP contribution in [0.4, 0.5) is 19.0 Å². The number of rotatable bonds is 4. The van der Waals surface area contributed by atoms with Crippen molar-refractivity contribution in [3.05, 3.63) is 65.7 Å². The quantitative estimate of drug-likeness (QED) is 0.755. The van der Waals surface area contributed by atoms with Gasteiger partial charge in [0.2, 0.25) is 0 Å². The van der Waals surface area contributed by atoms with E-state index in [1.165, 1.54) is 12.1 Å². The number of anilines is 1. The lowest BCUT2D eigenvalue weighted by atomic mass is 10.1. The SMILES string of the molecule is Fc1ccc([C@@H]2C[C@H]2Nc2nc(C(F)F)nc3ccccc23)cc1. The second-order valence-electron chi connectivity index (χ2n) is 5.89. The van der Waals surface area contributed by atoms with Crippen molar-refractivity contribution in [3.63, 3.8) is 0 Å². The molecule has 2 atom stereocenters. The Hall–Kier alpha value is -2.63. The molecule has 1 aliphatic carbocycles. The molecule has 0 radical (unpaired) electrons. The fourth-order valence-corrected chi connectivity index (χ4v) is 2.91. The first-order valence-electron chi connectivity index (χ1n) is 7.68. The van der Waals surface area contributed by atoms with E-state index in [-0.39, 0.29) is 17.8 Å². The number of para-hydroxylation sites is 1. The first-order valence-corrected chi connectivity index (χ1v) is 7.68. The van der Waals surface area contributed by atoms with Gasteiger partial charge in [-0.25, -0.2) is 23.1 Å². The highest BCUT2D eigenvalue weighted by molar-refractivity contribution is 5.89. The average molecular weight is 329 g/mol. The third kappa shape index (κ3) is 2.79. The normalized spacial score (nSPS) is 19.7. The summed E-state index contributed by atoms with van der Waals surface area (Å²) >= 11 is 0. The second kappa shape index (κ2) is 5.78. The predicted octanol–water partition coefficient (Wildman–Crippen LogP) is 4.67. The number of hydrogen-bond donors (Lipinski definition) is 1. The van der Waals surface area contributed by atoms with Crippen molar-refractivity contribution in [2.45, 2.75) is 24.8 Å². The van der Waals surface area contributed by atoms with Crippen LogP contribution < -0.4 is 5.32 Å². The molecule has 122 valence electrons. The standard InChI is InChI=1S/C18H14F3N3/c19-11-7-5-10(6-8-11)13-9-15(13)23-17-12-3-1-2-4-14(12)22-18(24-17)16(20)21/h1-8,13,15-16H,9H2,(H,22,23,24)/t13-,15+/m0/s1. The second-order valence-corrected chi connectivity index (χ2v) is 5.89. The molecule has 4 rings (SSSR count). The molecular formula is C18H14F3N3. The van der Waals surface area contributed by atoms with Crippen LogP contribution in [0.3, 0.4) is 0 Å². The van der Waals surface area contributed by atoms with E-state index < -0.39 is 12.2 Å². The zero-order chi connectivity index (χ0) is 16.7. The van der Waals surface area contributed by atoms with Crippen molar-refractivity contribution in [1.29, 1.82) is 0 Å². The zero-order valence-electron chi connectivity index (χ0n) is 12.6. The Morgan fingerprint density at radius 3 is 2.50 bits per heavy atom. The van der Waals surface area contributed by atoms with Crippen molar-refractivity contribution in [3.8, 4) is 0 Å². The predicted molar refractivity (Wildman–Crippen MR) is 85.7 cm³/mol. The van der Waals surface area contributed by atoms with Crippen LogP contribution in [0.1, 0.15) is 30.2 Å². The van der Waals surface area contributed by atoms with E-state index in [0.29, 0.717) is 16.7 Å². The summed E-state index contributed by atoms with van der Waals surface area (Å²) in [4.78, 5) is 7.90. The van der Waals surface area contributed by atoms with E-state index in [4.69, 9.17) is 0 Å². The van der Waals surface area contributed by atoms with E-state index in [1.807, 2.05) is 12.1 Å². The van der Waals surface area contributed by atoms with E-state index in [0.717, 1.165) is 12.0 Å². The molecule has 1 fully saturated rings. The highest BCUT2D eigenvalue weighted by atomic mass is 19.3. The van der Waals surface area contributed by atoms with Crippen LogP contribution in [0.15, 0.2) is 48.5 Å². The van der Waals surface area contributed by atoms with Gasteiger partial charge in [-0.3, -0.25) is 0 Å². The maximum Gasteiger partial charge on any atom is 0.297 e. The molecule has 3 aromatic rings. The molecule has 0 bridgehead atoms. The lowest BCUT2D eigenvalue weighted by Gasteiger charge is -2.10. The van der Waals surface area contributed by atoms with Crippen LogP contribution in [0, 0.1) is 5.82 Å². The topological polar surface area (TPSA) is 37.8 Å². The summed E-state index contributed by atoms with van der Waals surface area (Å²) in [5.74, 6) is -0.0951. The van der Waals surface area contributed by atoms with Gasteiger partial charge < -0.3 is 5.32 Å². The Morgan fingerprint density at radius 2 is 1.75 bits per heavy atom. The largest absolute Gasteiger partial charge is 0.366 e. The summed E-state index contributed by atoms with van der Waals surface area (Å²) in [7, 11) is 0. The lowest BCUT2D eigenvalue weighted by Crippen LogP contribution is -2.09. The van der Waals surface area contributed by atoms with Crippen LogP contribution in [0.25, 0.3) is 10.9 Å². The molecule has 0 amide bonds. The molecule has 24 heavy (non-hydrogen) atoms. The number of aromatic nitrogens is 2. The molecule has 2 aromatic carbocycles. The van der Waals surface area contributed by atoms with Gasteiger partial charge in [0, 0.05) is 17.3 Å². The fourth-order valence-electron chi connectivity index (χ4n) is 2.91. The van der Waals surface area contributed by atoms with Crippen molar-refractivity contribution in [1.82, 2.24) is 9.97 Å².